The predicted molar refractivity (Wildman–Crippen MR) is 103 cm³/mol. The Morgan fingerprint density at radius 2 is 1.86 bits per heavy atom. The highest BCUT2D eigenvalue weighted by atomic mass is 32.1. The second-order valence-corrected chi connectivity index (χ2v) is 7.62. The maximum absolute atomic E-state index is 14.0. The topological polar surface area (TPSA) is 84.0 Å². The number of nitrogens with one attached hydrogen (secondary N) is 2. The maximum atomic E-state index is 14.0. The minimum Gasteiger partial charge on any atom is -0.378 e. The summed E-state index contributed by atoms with van der Waals surface area (Å²) in [6, 6.07) is 1.74. The highest BCUT2D eigenvalue weighted by Gasteiger charge is 2.22. The van der Waals surface area contributed by atoms with E-state index in [1.165, 1.54) is 11.3 Å². The first-order valence-electron chi connectivity index (χ1n) is 8.72. The van der Waals surface area contributed by atoms with E-state index in [-0.39, 0.29) is 18.7 Å². The number of hydrogen-bond acceptors (Lipinski definition) is 6. The molecule has 0 saturated heterocycles. The summed E-state index contributed by atoms with van der Waals surface area (Å²) in [5.41, 5.74) is -0.106. The third-order valence-corrected chi connectivity index (χ3v) is 4.85. The smallest absolute Gasteiger partial charge is 0.267 e. The molecule has 1 amide bonds. The van der Waals surface area contributed by atoms with Gasteiger partial charge in [0.2, 0.25) is 0 Å². The minimum absolute atomic E-state index is 0.0609. The number of carbonyl (C=O) groups excluding carboxylic acids is 2. The first kappa shape index (κ1) is 21.6. The van der Waals surface area contributed by atoms with Crippen molar-refractivity contribution in [3.05, 3.63) is 57.2 Å². The molecule has 0 saturated carbocycles. The number of hydrogen-bond donors (Lipinski definition) is 2. The molecule has 0 fully saturated rings. The van der Waals surface area contributed by atoms with Crippen LogP contribution in [0.15, 0.2) is 24.4 Å². The lowest BCUT2D eigenvalue weighted by atomic mass is 9.99. The van der Waals surface area contributed by atoms with Gasteiger partial charge < -0.3 is 10.6 Å². The van der Waals surface area contributed by atoms with Gasteiger partial charge in [-0.25, -0.2) is 8.78 Å². The van der Waals surface area contributed by atoms with Crippen LogP contribution in [0.5, 0.6) is 0 Å². The highest BCUT2D eigenvalue weighted by molar-refractivity contribution is 7.11. The summed E-state index contributed by atoms with van der Waals surface area (Å²) < 4.78 is 28.0. The highest BCUT2D eigenvalue weighted by Crippen LogP contribution is 2.18. The molecule has 6 nitrogen and oxygen atoms in total. The molecule has 2 aromatic rings. The number of aromatic nitrogens is 2. The molecule has 0 radical (unpaired) electrons. The van der Waals surface area contributed by atoms with Crippen molar-refractivity contribution in [2.75, 3.05) is 0 Å². The average molecular weight is 408 g/mol. The molecular weight excluding hydrogens is 386 g/mol. The molecule has 0 aliphatic rings. The van der Waals surface area contributed by atoms with E-state index >= 15 is 0 Å². The van der Waals surface area contributed by atoms with Gasteiger partial charge in [-0.15, -0.1) is 10.2 Å². The molecule has 1 atom stereocenters. The predicted octanol–water partition coefficient (Wildman–Crippen LogP) is 3.20. The quantitative estimate of drug-likeness (QED) is 0.492. The fraction of sp³-hybridized carbons (Fsp3) is 0.368. The maximum Gasteiger partial charge on any atom is 0.267 e. The zero-order valence-corrected chi connectivity index (χ0v) is 16.8. The summed E-state index contributed by atoms with van der Waals surface area (Å²) in [4.78, 5) is 24.5. The number of nitrogens with zero attached hydrogens (tertiary/aromatic N) is 2. The van der Waals surface area contributed by atoms with Crippen molar-refractivity contribution in [1.29, 1.82) is 0 Å². The van der Waals surface area contributed by atoms with Gasteiger partial charge >= 0.3 is 0 Å². The Balaban J connectivity index is 1.94. The van der Waals surface area contributed by atoms with Crippen molar-refractivity contribution in [3.63, 3.8) is 0 Å². The summed E-state index contributed by atoms with van der Waals surface area (Å²) in [6.07, 6.45) is 0.290. The second kappa shape index (κ2) is 9.50. The van der Waals surface area contributed by atoms with Crippen LogP contribution in [-0.4, -0.2) is 27.9 Å². The van der Waals surface area contributed by atoms with E-state index < -0.39 is 34.9 Å². The van der Waals surface area contributed by atoms with Crippen LogP contribution in [0.25, 0.3) is 0 Å². The SMILES string of the molecule is C=C(NC(CC)CC(=O)c1c(F)cc(C)cc1F)C(=O)NCc1nnc(C)s1. The normalized spacial score (nSPS) is 11.8. The number of Topliss-reactive ketones (excluding diaryl/α,β-unsaturated/α-hetero) is 1. The Hall–Kier alpha value is -2.68. The Morgan fingerprint density at radius 1 is 1.21 bits per heavy atom. The number of carbonyl (C=O) groups is 2. The van der Waals surface area contributed by atoms with Gasteiger partial charge in [0, 0.05) is 12.5 Å². The molecule has 9 heteroatoms. The number of ketones is 1. The average Bonchev–Trinajstić information content (AvgIpc) is 3.03. The number of aryl methyl sites for hydroxylation is 2. The number of benzene rings is 1. The number of amides is 1. The molecule has 0 bridgehead atoms. The summed E-state index contributed by atoms with van der Waals surface area (Å²) in [5.74, 6) is -2.90. The van der Waals surface area contributed by atoms with E-state index in [1.807, 2.05) is 6.92 Å². The molecule has 0 spiro atoms. The third-order valence-electron chi connectivity index (χ3n) is 4.01. The molecule has 1 aromatic carbocycles. The van der Waals surface area contributed by atoms with Crippen molar-refractivity contribution < 1.29 is 18.4 Å². The van der Waals surface area contributed by atoms with Gasteiger partial charge in [0.15, 0.2) is 5.78 Å². The van der Waals surface area contributed by atoms with E-state index in [0.29, 0.717) is 17.0 Å². The fourth-order valence-corrected chi connectivity index (χ4v) is 3.22. The second-order valence-electron chi connectivity index (χ2n) is 6.36. The first-order chi connectivity index (χ1) is 13.2. The molecule has 1 heterocycles. The zero-order chi connectivity index (χ0) is 20.8. The molecule has 150 valence electrons. The third kappa shape index (κ3) is 5.66. The van der Waals surface area contributed by atoms with Crippen LogP contribution in [0, 0.1) is 25.5 Å². The Bertz CT molecular complexity index is 875. The molecule has 0 aliphatic carbocycles. The summed E-state index contributed by atoms with van der Waals surface area (Å²) in [5, 5.41) is 14.7. The molecular formula is C19H22F2N4O2S. The van der Waals surface area contributed by atoms with Crippen LogP contribution in [0.4, 0.5) is 8.78 Å². The van der Waals surface area contributed by atoms with Crippen molar-refractivity contribution in [2.45, 2.75) is 46.2 Å². The van der Waals surface area contributed by atoms with Crippen LogP contribution in [-0.2, 0) is 11.3 Å². The van der Waals surface area contributed by atoms with E-state index in [4.69, 9.17) is 0 Å². The summed E-state index contributed by atoms with van der Waals surface area (Å²) in [7, 11) is 0. The van der Waals surface area contributed by atoms with Crippen LogP contribution in [0.1, 0.15) is 45.7 Å². The van der Waals surface area contributed by atoms with E-state index in [1.54, 1.807) is 13.8 Å². The Kier molecular flexibility index (Phi) is 7.33. The van der Waals surface area contributed by atoms with E-state index in [2.05, 4.69) is 27.4 Å². The van der Waals surface area contributed by atoms with Gasteiger partial charge in [-0.2, -0.15) is 0 Å². The van der Waals surface area contributed by atoms with Gasteiger partial charge in [-0.05, 0) is 38.0 Å². The number of halogens is 2. The van der Waals surface area contributed by atoms with Crippen LogP contribution < -0.4 is 10.6 Å². The van der Waals surface area contributed by atoms with Crippen LogP contribution >= 0.6 is 11.3 Å². The van der Waals surface area contributed by atoms with Crippen molar-refractivity contribution in [2.24, 2.45) is 0 Å². The first-order valence-corrected chi connectivity index (χ1v) is 9.54. The molecule has 2 N–H and O–H groups in total. The van der Waals surface area contributed by atoms with Gasteiger partial charge in [-0.3, -0.25) is 9.59 Å². The van der Waals surface area contributed by atoms with Gasteiger partial charge in [0.05, 0.1) is 17.8 Å². The largest absolute Gasteiger partial charge is 0.378 e. The standard InChI is InChI=1S/C19H22F2N4O2S/c1-5-13(8-16(26)18-14(20)6-10(2)7-15(18)21)23-11(3)19(27)22-9-17-25-24-12(4)28-17/h6-7,13,23H,3,5,8-9H2,1-2,4H3,(H,22,27). The summed E-state index contributed by atoms with van der Waals surface area (Å²) >= 11 is 1.37. The molecule has 1 unspecified atom stereocenters. The molecule has 2 rings (SSSR count). The lowest BCUT2D eigenvalue weighted by Gasteiger charge is -2.19. The lowest BCUT2D eigenvalue weighted by molar-refractivity contribution is -0.118. The minimum atomic E-state index is -0.888. The van der Waals surface area contributed by atoms with Crippen LogP contribution in [0.2, 0.25) is 0 Å². The lowest BCUT2D eigenvalue weighted by Crippen LogP contribution is -2.37. The zero-order valence-electron chi connectivity index (χ0n) is 15.9. The number of rotatable bonds is 9. The fourth-order valence-electron chi connectivity index (χ4n) is 2.57. The Labute approximate surface area is 166 Å². The van der Waals surface area contributed by atoms with E-state index in [0.717, 1.165) is 17.1 Å². The summed E-state index contributed by atoms with van der Waals surface area (Å²) in [6.45, 7) is 9.03. The van der Waals surface area contributed by atoms with Gasteiger partial charge in [0.1, 0.15) is 21.6 Å². The van der Waals surface area contributed by atoms with Crippen molar-refractivity contribution in [1.82, 2.24) is 20.8 Å². The molecule has 28 heavy (non-hydrogen) atoms. The van der Waals surface area contributed by atoms with Gasteiger partial charge in [-0.1, -0.05) is 24.8 Å². The molecule has 0 aliphatic heterocycles. The van der Waals surface area contributed by atoms with Crippen LogP contribution in [0.3, 0.4) is 0 Å². The van der Waals surface area contributed by atoms with Crippen molar-refractivity contribution in [3.8, 4) is 0 Å². The monoisotopic (exact) mass is 408 g/mol. The molecule has 1 aromatic heterocycles. The van der Waals surface area contributed by atoms with E-state index in [9.17, 15) is 18.4 Å². The van der Waals surface area contributed by atoms with Crippen molar-refractivity contribution >= 4 is 23.0 Å². The van der Waals surface area contributed by atoms with Gasteiger partial charge in [0.25, 0.3) is 5.91 Å². The Morgan fingerprint density at radius 3 is 2.39 bits per heavy atom.